The number of hydrogen-bond donors (Lipinski definition) is 1. The molecule has 2 aliphatic rings. The van der Waals surface area contributed by atoms with Gasteiger partial charge in [-0.1, -0.05) is 13.8 Å². The zero-order valence-electron chi connectivity index (χ0n) is 8.75. The van der Waals surface area contributed by atoms with Crippen molar-refractivity contribution in [2.45, 2.75) is 25.9 Å². The number of rotatable bonds is 0. The van der Waals surface area contributed by atoms with E-state index in [4.69, 9.17) is 0 Å². The van der Waals surface area contributed by atoms with Gasteiger partial charge in [-0.15, -0.1) is 0 Å². The molecule has 2 heterocycles. The van der Waals surface area contributed by atoms with Gasteiger partial charge in [-0.2, -0.15) is 0 Å². The number of nitrogens with zero attached hydrogens (tertiary/aromatic N) is 1. The lowest BCUT2D eigenvalue weighted by molar-refractivity contribution is 0.185. The first-order valence-electron chi connectivity index (χ1n) is 5.06. The predicted octanol–water partition coefficient (Wildman–Crippen LogP) is 0.0471. The van der Waals surface area contributed by atoms with Gasteiger partial charge in [0.05, 0.1) is 0 Å². The highest BCUT2D eigenvalue weighted by molar-refractivity contribution is 7.85. The van der Waals surface area contributed by atoms with Crippen LogP contribution in [0.4, 0.5) is 0 Å². The van der Waals surface area contributed by atoms with Gasteiger partial charge in [0.25, 0.3) is 0 Å². The Hall–Kier alpha value is 0.0700. The fraction of sp³-hybridized carbons (Fsp3) is 1.00. The molecule has 2 saturated heterocycles. The molecule has 3 nitrogen and oxygen atoms in total. The number of piperazine rings is 1. The fourth-order valence-corrected chi connectivity index (χ4v) is 3.65. The van der Waals surface area contributed by atoms with E-state index in [1.165, 1.54) is 0 Å². The molecular weight excluding hydrogens is 184 g/mol. The predicted molar refractivity (Wildman–Crippen MR) is 57.4 cm³/mol. The van der Waals surface area contributed by atoms with Gasteiger partial charge in [-0.25, -0.2) is 0 Å². The molecule has 0 bridgehead atoms. The lowest BCUT2D eigenvalue weighted by atomic mass is 10.1. The van der Waals surface area contributed by atoms with Gasteiger partial charge in [-0.05, 0) is 7.05 Å². The monoisotopic (exact) mass is 204 g/mol. The maximum Gasteiger partial charge on any atom is 0.0407 e. The van der Waals surface area contributed by atoms with E-state index < -0.39 is 10.8 Å². The van der Waals surface area contributed by atoms with Gasteiger partial charge in [0, 0.05) is 47.5 Å². The lowest BCUT2D eigenvalue weighted by Crippen LogP contribution is -2.55. The van der Waals surface area contributed by atoms with Crippen LogP contribution in [0.15, 0.2) is 0 Å². The smallest absolute Gasteiger partial charge is 0.0407 e. The van der Waals surface area contributed by atoms with Gasteiger partial charge in [0.15, 0.2) is 0 Å². The first-order chi connectivity index (χ1) is 6.27. The van der Waals surface area contributed by atoms with Crippen LogP contribution in [0, 0.1) is 0 Å². The van der Waals surface area contributed by atoms with Crippen molar-refractivity contribution >= 4 is 10.8 Å². The van der Waals surface area contributed by atoms with Crippen molar-refractivity contribution in [2.75, 3.05) is 31.6 Å². The molecule has 13 heavy (non-hydrogen) atoms. The minimum absolute atomic E-state index is 0.495. The van der Waals surface area contributed by atoms with Crippen LogP contribution in [0.5, 0.6) is 0 Å². The molecule has 78 valence electrons. The summed E-state index contributed by atoms with van der Waals surface area (Å²) in [6.07, 6.45) is 0. The van der Waals surface area contributed by atoms with Crippen LogP contribution >= 0.6 is 0 Å². The van der Waals surface area contributed by atoms with E-state index in [1.807, 2.05) is 13.8 Å². The molecule has 0 aromatic rings. The molecule has 3 unspecified atom stereocenters. The molecule has 4 heteroatoms. The Morgan fingerprint density at radius 3 is 2.69 bits per heavy atom. The van der Waals surface area contributed by atoms with E-state index in [1.54, 1.807) is 0 Å². The third-order valence-electron chi connectivity index (χ3n) is 2.62. The average molecular weight is 204 g/mol. The summed E-state index contributed by atoms with van der Waals surface area (Å²) < 4.78 is 11.2. The van der Waals surface area contributed by atoms with Crippen molar-refractivity contribution in [3.8, 4) is 0 Å². The summed E-state index contributed by atoms with van der Waals surface area (Å²) in [6.45, 7) is 6.15. The summed E-state index contributed by atoms with van der Waals surface area (Å²) in [5, 5.41) is 3.41. The summed E-state index contributed by atoms with van der Waals surface area (Å²) in [5.41, 5.74) is 0. The Morgan fingerprint density at radius 2 is 2.08 bits per heavy atom. The molecule has 0 saturated carbocycles. The van der Waals surface area contributed by atoms with Gasteiger partial charge in [0.1, 0.15) is 0 Å². The summed E-state index contributed by atoms with van der Waals surface area (Å²) >= 11 is 0. The second-order valence-corrected chi connectivity index (χ2v) is 4.93. The van der Waals surface area contributed by atoms with Crippen LogP contribution in [0.1, 0.15) is 13.8 Å². The molecule has 2 fully saturated rings. The largest absolute Gasteiger partial charge is 0.310 e. The zero-order chi connectivity index (χ0) is 9.84. The Morgan fingerprint density at radius 1 is 1.38 bits per heavy atom. The van der Waals surface area contributed by atoms with Crippen molar-refractivity contribution in [3.63, 3.8) is 0 Å². The fourth-order valence-electron chi connectivity index (χ4n) is 1.91. The molecule has 0 spiro atoms. The van der Waals surface area contributed by atoms with Crippen LogP contribution in [0.25, 0.3) is 0 Å². The highest BCUT2D eigenvalue weighted by Gasteiger charge is 2.36. The molecule has 2 aliphatic heterocycles. The van der Waals surface area contributed by atoms with Crippen molar-refractivity contribution in [1.82, 2.24) is 10.2 Å². The quantitative estimate of drug-likeness (QED) is 0.605. The van der Waals surface area contributed by atoms with E-state index in [0.29, 0.717) is 12.1 Å². The van der Waals surface area contributed by atoms with Gasteiger partial charge in [0.2, 0.25) is 0 Å². The summed E-state index contributed by atoms with van der Waals surface area (Å²) in [6, 6.07) is 1.03. The normalized spacial score (nSPS) is 39.2. The molecule has 2 rings (SSSR count). The number of nitrogens with one attached hydrogen (secondary N) is 1. The van der Waals surface area contributed by atoms with Gasteiger partial charge < -0.3 is 5.32 Å². The van der Waals surface area contributed by atoms with Gasteiger partial charge in [-0.3, -0.25) is 9.11 Å². The first-order valence-corrected chi connectivity index (χ1v) is 6.55. The second kappa shape index (κ2) is 5.08. The van der Waals surface area contributed by atoms with Crippen LogP contribution in [0.3, 0.4) is 0 Å². The van der Waals surface area contributed by atoms with E-state index in [-0.39, 0.29) is 0 Å². The standard InChI is InChI=1S/C7H14N2OS.C2H6/c1-9-3-2-8-6-4-11(10)5-7(6)9;1-2/h6-8H,2-5H2,1H3;1-2H3. The summed E-state index contributed by atoms with van der Waals surface area (Å²) in [5.74, 6) is 1.73. The zero-order valence-corrected chi connectivity index (χ0v) is 9.56. The molecule has 1 N–H and O–H groups in total. The Bertz CT molecular complexity index is 186. The third-order valence-corrected chi connectivity index (χ3v) is 4.07. The van der Waals surface area contributed by atoms with Gasteiger partial charge >= 0.3 is 0 Å². The molecular formula is C9H20N2OS. The highest BCUT2D eigenvalue weighted by Crippen LogP contribution is 2.16. The first kappa shape index (κ1) is 11.1. The Balaban J connectivity index is 0.000000396. The minimum Gasteiger partial charge on any atom is -0.310 e. The molecule has 0 aliphatic carbocycles. The average Bonchev–Trinajstić information content (AvgIpc) is 2.51. The lowest BCUT2D eigenvalue weighted by Gasteiger charge is -2.34. The summed E-state index contributed by atoms with van der Waals surface area (Å²) in [4.78, 5) is 2.33. The van der Waals surface area contributed by atoms with E-state index in [9.17, 15) is 4.21 Å². The highest BCUT2D eigenvalue weighted by atomic mass is 32.2. The SMILES string of the molecule is CC.CN1CCNC2CS(=O)CC21. The molecule has 0 radical (unpaired) electrons. The number of fused-ring (bicyclic) bond motifs is 1. The molecule has 0 amide bonds. The maximum absolute atomic E-state index is 11.2. The van der Waals surface area contributed by atoms with Crippen molar-refractivity contribution in [3.05, 3.63) is 0 Å². The van der Waals surface area contributed by atoms with E-state index in [2.05, 4.69) is 17.3 Å². The molecule has 0 aromatic carbocycles. The van der Waals surface area contributed by atoms with Crippen molar-refractivity contribution < 1.29 is 4.21 Å². The van der Waals surface area contributed by atoms with E-state index >= 15 is 0 Å². The molecule has 3 atom stereocenters. The number of likely N-dealkylation sites (N-methyl/N-ethyl adjacent to an activating group) is 1. The Kier molecular flexibility index (Phi) is 4.35. The van der Waals surface area contributed by atoms with Crippen molar-refractivity contribution in [2.24, 2.45) is 0 Å². The van der Waals surface area contributed by atoms with E-state index in [0.717, 1.165) is 24.6 Å². The summed E-state index contributed by atoms with van der Waals surface area (Å²) in [7, 11) is 1.56. The molecule has 0 aromatic heterocycles. The Labute approximate surface area is 83.3 Å². The van der Waals surface area contributed by atoms with Crippen LogP contribution in [-0.4, -0.2) is 52.8 Å². The third kappa shape index (κ3) is 2.51. The van der Waals surface area contributed by atoms with Crippen LogP contribution in [0.2, 0.25) is 0 Å². The van der Waals surface area contributed by atoms with Crippen molar-refractivity contribution in [1.29, 1.82) is 0 Å². The second-order valence-electron chi connectivity index (χ2n) is 3.38. The number of hydrogen-bond acceptors (Lipinski definition) is 3. The van der Waals surface area contributed by atoms with Crippen LogP contribution < -0.4 is 5.32 Å². The minimum atomic E-state index is -0.568. The maximum atomic E-state index is 11.2. The van der Waals surface area contributed by atoms with Crippen LogP contribution in [-0.2, 0) is 10.8 Å². The topological polar surface area (TPSA) is 32.3 Å².